The summed E-state index contributed by atoms with van der Waals surface area (Å²) in [6, 6.07) is 11.2. The van der Waals surface area contributed by atoms with Crippen molar-refractivity contribution in [3.63, 3.8) is 0 Å². The third kappa shape index (κ3) is 2.10. The topological polar surface area (TPSA) is 88.5 Å². The largest absolute Gasteiger partial charge is 0.343 e. The summed E-state index contributed by atoms with van der Waals surface area (Å²) in [4.78, 5) is 25.6. The van der Waals surface area contributed by atoms with Crippen LogP contribution < -0.4 is 11.2 Å². The Labute approximate surface area is 129 Å². The van der Waals surface area contributed by atoms with Crippen LogP contribution in [0.3, 0.4) is 0 Å². The summed E-state index contributed by atoms with van der Waals surface area (Å²) in [5.74, 6) is 0.584. The summed E-state index contributed by atoms with van der Waals surface area (Å²) in [6.45, 7) is 0. The smallest absolute Gasteiger partial charge is 0.329 e. The van der Waals surface area contributed by atoms with E-state index in [-0.39, 0.29) is 11.2 Å². The number of rotatable bonds is 2. The maximum absolute atomic E-state index is 11.5. The number of aromatic amines is 2. The molecular weight excluding hydrogens is 294 g/mol. The van der Waals surface area contributed by atoms with Crippen molar-refractivity contribution in [1.29, 1.82) is 0 Å². The highest BCUT2D eigenvalue weighted by Crippen LogP contribution is 2.24. The van der Waals surface area contributed by atoms with Gasteiger partial charge in [0, 0.05) is 36.5 Å². The average molecular weight is 307 g/mol. The Morgan fingerprint density at radius 3 is 2.70 bits per heavy atom. The van der Waals surface area contributed by atoms with Crippen molar-refractivity contribution in [3.8, 4) is 17.1 Å². The van der Waals surface area contributed by atoms with Crippen LogP contribution in [-0.2, 0) is 7.05 Å². The second-order valence-electron chi connectivity index (χ2n) is 5.28. The van der Waals surface area contributed by atoms with Gasteiger partial charge in [0.1, 0.15) is 0 Å². The summed E-state index contributed by atoms with van der Waals surface area (Å²) >= 11 is 0. The highest BCUT2D eigenvalue weighted by Gasteiger charge is 2.10. The van der Waals surface area contributed by atoms with E-state index in [9.17, 15) is 9.59 Å². The van der Waals surface area contributed by atoms with Gasteiger partial charge in [0.25, 0.3) is 0 Å². The molecular formula is C16H13N5O2. The van der Waals surface area contributed by atoms with Gasteiger partial charge in [-0.1, -0.05) is 0 Å². The predicted octanol–water partition coefficient (Wildman–Crippen LogP) is 1.41. The predicted molar refractivity (Wildman–Crippen MR) is 86.7 cm³/mol. The molecule has 1 aromatic carbocycles. The van der Waals surface area contributed by atoms with Crippen LogP contribution >= 0.6 is 0 Å². The number of nitrogens with one attached hydrogen (secondary N) is 2. The van der Waals surface area contributed by atoms with Gasteiger partial charge in [-0.25, -0.2) is 9.89 Å². The van der Waals surface area contributed by atoms with Crippen LogP contribution in [0.4, 0.5) is 0 Å². The third-order valence-corrected chi connectivity index (χ3v) is 3.87. The number of fused-ring (bicyclic) bond motifs is 1. The van der Waals surface area contributed by atoms with Crippen molar-refractivity contribution in [1.82, 2.24) is 24.3 Å². The molecule has 0 spiro atoms. The zero-order valence-electron chi connectivity index (χ0n) is 12.3. The maximum Gasteiger partial charge on any atom is 0.343 e. The molecule has 0 saturated carbocycles. The zero-order chi connectivity index (χ0) is 16.0. The standard InChI is InChI=1S/C16H13N5O2/c1-20-15(18-19-16(20)23)11-2-3-13-10(8-11)5-7-21(13)12-4-6-17-14(22)9-12/h2-9H,1H3,(H,17,22)(H,19,23). The van der Waals surface area contributed by atoms with Gasteiger partial charge < -0.3 is 9.55 Å². The van der Waals surface area contributed by atoms with Gasteiger partial charge >= 0.3 is 5.69 Å². The van der Waals surface area contributed by atoms with Crippen molar-refractivity contribution in [3.05, 3.63) is 69.6 Å². The summed E-state index contributed by atoms with van der Waals surface area (Å²) in [5, 5.41) is 7.48. The SMILES string of the molecule is Cn1c(-c2ccc3c(ccn3-c3cc[nH]c(=O)c3)c2)n[nH]c1=O. The highest BCUT2D eigenvalue weighted by atomic mass is 16.1. The Hall–Kier alpha value is -3.35. The summed E-state index contributed by atoms with van der Waals surface area (Å²) < 4.78 is 3.41. The van der Waals surface area contributed by atoms with Crippen LogP contribution in [0.1, 0.15) is 0 Å². The Morgan fingerprint density at radius 2 is 1.96 bits per heavy atom. The second-order valence-corrected chi connectivity index (χ2v) is 5.28. The second kappa shape index (κ2) is 4.84. The molecule has 4 rings (SSSR count). The lowest BCUT2D eigenvalue weighted by Gasteiger charge is -2.05. The minimum absolute atomic E-state index is 0.146. The van der Waals surface area contributed by atoms with E-state index in [1.807, 2.05) is 41.1 Å². The molecule has 0 saturated heterocycles. The van der Waals surface area contributed by atoms with Crippen LogP contribution in [0.2, 0.25) is 0 Å². The van der Waals surface area contributed by atoms with Gasteiger partial charge in [-0.15, -0.1) is 0 Å². The van der Waals surface area contributed by atoms with Crippen molar-refractivity contribution < 1.29 is 0 Å². The lowest BCUT2D eigenvalue weighted by Crippen LogP contribution is -2.13. The summed E-state index contributed by atoms with van der Waals surface area (Å²) in [5.41, 5.74) is 2.22. The number of hydrogen-bond acceptors (Lipinski definition) is 3. The molecule has 0 aliphatic carbocycles. The van der Waals surface area contributed by atoms with Crippen LogP contribution in [-0.4, -0.2) is 24.3 Å². The molecule has 0 unspecified atom stereocenters. The molecule has 3 aromatic heterocycles. The third-order valence-electron chi connectivity index (χ3n) is 3.87. The normalized spacial score (nSPS) is 11.2. The van der Waals surface area contributed by atoms with E-state index in [1.54, 1.807) is 19.3 Å². The highest BCUT2D eigenvalue weighted by molar-refractivity contribution is 5.86. The van der Waals surface area contributed by atoms with E-state index in [4.69, 9.17) is 0 Å². The monoisotopic (exact) mass is 307 g/mol. The summed E-state index contributed by atoms with van der Waals surface area (Å²) in [7, 11) is 1.67. The first-order chi connectivity index (χ1) is 11.1. The number of H-pyrrole nitrogens is 2. The van der Waals surface area contributed by atoms with E-state index >= 15 is 0 Å². The van der Waals surface area contributed by atoms with Gasteiger partial charge in [-0.2, -0.15) is 5.10 Å². The van der Waals surface area contributed by atoms with E-state index in [0.717, 1.165) is 22.2 Å². The molecule has 0 atom stereocenters. The lowest BCUT2D eigenvalue weighted by molar-refractivity contribution is 0.869. The molecule has 7 nitrogen and oxygen atoms in total. The van der Waals surface area contributed by atoms with Crippen LogP contribution in [0, 0.1) is 0 Å². The van der Waals surface area contributed by atoms with E-state index in [0.29, 0.717) is 5.82 Å². The maximum atomic E-state index is 11.5. The summed E-state index contributed by atoms with van der Waals surface area (Å²) in [6.07, 6.45) is 3.53. The van der Waals surface area contributed by atoms with Crippen LogP contribution in [0.5, 0.6) is 0 Å². The van der Waals surface area contributed by atoms with Gasteiger partial charge in [-0.05, 0) is 30.3 Å². The first-order valence-corrected chi connectivity index (χ1v) is 7.05. The number of pyridine rings is 1. The number of aromatic nitrogens is 5. The number of nitrogens with zero attached hydrogens (tertiary/aromatic N) is 3. The Balaban J connectivity index is 1.88. The van der Waals surface area contributed by atoms with E-state index < -0.39 is 0 Å². The first-order valence-electron chi connectivity index (χ1n) is 7.05. The van der Waals surface area contributed by atoms with Gasteiger partial charge in [-0.3, -0.25) is 9.36 Å². The number of hydrogen-bond donors (Lipinski definition) is 2. The fourth-order valence-electron chi connectivity index (χ4n) is 2.70. The van der Waals surface area contributed by atoms with Gasteiger partial charge in [0.2, 0.25) is 5.56 Å². The quantitative estimate of drug-likeness (QED) is 0.587. The van der Waals surface area contributed by atoms with E-state index in [2.05, 4.69) is 15.2 Å². The molecule has 4 aromatic rings. The van der Waals surface area contributed by atoms with Crippen molar-refractivity contribution in [2.24, 2.45) is 7.05 Å². The van der Waals surface area contributed by atoms with Gasteiger partial charge in [0.15, 0.2) is 5.82 Å². The molecule has 114 valence electrons. The molecule has 0 aliphatic heterocycles. The molecule has 0 bridgehead atoms. The minimum atomic E-state index is -0.249. The molecule has 23 heavy (non-hydrogen) atoms. The molecule has 2 N–H and O–H groups in total. The Morgan fingerprint density at radius 1 is 1.09 bits per heavy atom. The van der Waals surface area contributed by atoms with Crippen molar-refractivity contribution in [2.75, 3.05) is 0 Å². The van der Waals surface area contributed by atoms with Crippen LogP contribution in [0.25, 0.3) is 28.0 Å². The zero-order valence-corrected chi connectivity index (χ0v) is 12.3. The molecule has 7 heteroatoms. The fraction of sp³-hybridized carbons (Fsp3) is 0.0625. The molecule has 3 heterocycles. The van der Waals surface area contributed by atoms with Gasteiger partial charge in [0.05, 0.1) is 11.2 Å². The van der Waals surface area contributed by atoms with Crippen LogP contribution in [0.15, 0.2) is 58.4 Å². The fourth-order valence-corrected chi connectivity index (χ4v) is 2.70. The molecule has 0 aliphatic rings. The minimum Gasteiger partial charge on any atom is -0.329 e. The molecule has 0 amide bonds. The lowest BCUT2D eigenvalue weighted by atomic mass is 10.1. The average Bonchev–Trinajstić information content (AvgIpc) is 3.11. The molecule has 0 fully saturated rings. The Bertz CT molecular complexity index is 1130. The van der Waals surface area contributed by atoms with Crippen molar-refractivity contribution >= 4 is 10.9 Å². The van der Waals surface area contributed by atoms with Crippen molar-refractivity contribution in [2.45, 2.75) is 0 Å². The van der Waals surface area contributed by atoms with E-state index in [1.165, 1.54) is 4.57 Å². The Kier molecular flexibility index (Phi) is 2.80. The molecule has 0 radical (unpaired) electrons. The number of benzene rings is 1. The first kappa shape index (κ1) is 13.3.